The van der Waals surface area contributed by atoms with E-state index in [0.29, 0.717) is 36.0 Å². The lowest BCUT2D eigenvalue weighted by molar-refractivity contribution is -0.207. The van der Waals surface area contributed by atoms with Crippen molar-refractivity contribution in [2.75, 3.05) is 7.11 Å². The zero-order chi connectivity index (χ0) is 27.2. The molecule has 4 aliphatic carbocycles. The number of aliphatic hydroxyl groups is 3. The summed E-state index contributed by atoms with van der Waals surface area (Å²) in [6.07, 6.45) is 6.29. The SMILES string of the molecule is COc1ccc(COC(=O)CC[C@@H](C)[C@H]2CC[C@H]3[C@@H]4[C@H](O)C[C@@H]5C[C@H](O)CC[C@]5(C)[C@H]4C[C@H](O)[C@]23C)cc1. The first-order valence-electron chi connectivity index (χ1n) is 14.9. The van der Waals surface area contributed by atoms with Crippen molar-refractivity contribution in [1.29, 1.82) is 0 Å². The number of methoxy groups -OCH3 is 1. The van der Waals surface area contributed by atoms with Crippen LogP contribution >= 0.6 is 0 Å². The van der Waals surface area contributed by atoms with Gasteiger partial charge in [-0.3, -0.25) is 4.79 Å². The minimum Gasteiger partial charge on any atom is -0.497 e. The van der Waals surface area contributed by atoms with Crippen LogP contribution in [0.3, 0.4) is 0 Å². The van der Waals surface area contributed by atoms with Crippen molar-refractivity contribution in [3.05, 3.63) is 29.8 Å². The first-order valence-corrected chi connectivity index (χ1v) is 14.9. The highest BCUT2D eigenvalue weighted by Gasteiger charge is 2.65. The van der Waals surface area contributed by atoms with Gasteiger partial charge in [-0.05, 0) is 115 Å². The van der Waals surface area contributed by atoms with E-state index >= 15 is 0 Å². The van der Waals surface area contributed by atoms with Crippen LogP contribution in [-0.4, -0.2) is 46.7 Å². The van der Waals surface area contributed by atoms with E-state index in [9.17, 15) is 20.1 Å². The molecule has 5 rings (SSSR count). The largest absolute Gasteiger partial charge is 0.497 e. The molecule has 0 bridgehead atoms. The van der Waals surface area contributed by atoms with Gasteiger partial charge in [0.15, 0.2) is 0 Å². The standard InChI is InChI=1S/C32H48O6/c1-19(5-12-29(36)38-18-20-6-8-23(37-4)9-7-20)24-10-11-25-30-26(17-28(35)32(24,25)3)31(2)14-13-22(33)15-21(31)16-27(30)34/h6-9,19,21-22,24-28,30,33-35H,5,10-18H2,1-4H3/t19-,21+,22-,24-,25+,26+,27-,28+,30+,31+,32-/m1/s1. The summed E-state index contributed by atoms with van der Waals surface area (Å²) >= 11 is 0. The zero-order valence-corrected chi connectivity index (χ0v) is 23.6. The molecular weight excluding hydrogens is 480 g/mol. The molecule has 6 heteroatoms. The van der Waals surface area contributed by atoms with E-state index in [-0.39, 0.29) is 41.5 Å². The number of aliphatic hydroxyl groups excluding tert-OH is 3. The molecule has 4 fully saturated rings. The molecule has 4 saturated carbocycles. The fourth-order valence-electron chi connectivity index (χ4n) is 9.64. The molecule has 1 aromatic carbocycles. The Hall–Kier alpha value is -1.63. The van der Waals surface area contributed by atoms with E-state index in [0.717, 1.165) is 62.7 Å². The summed E-state index contributed by atoms with van der Waals surface area (Å²) in [5.74, 6) is 2.36. The average Bonchev–Trinajstić information content (AvgIpc) is 3.26. The van der Waals surface area contributed by atoms with Gasteiger partial charge in [0.25, 0.3) is 0 Å². The third-order valence-electron chi connectivity index (χ3n) is 11.9. The molecule has 0 aliphatic heterocycles. The van der Waals surface area contributed by atoms with Gasteiger partial charge in [-0.1, -0.05) is 32.9 Å². The second-order valence-corrected chi connectivity index (χ2v) is 13.6. The van der Waals surface area contributed by atoms with Crippen LogP contribution in [0.4, 0.5) is 0 Å². The predicted octanol–water partition coefficient (Wildman–Crippen LogP) is 5.12. The number of hydrogen-bond donors (Lipinski definition) is 3. The Morgan fingerprint density at radius 3 is 2.47 bits per heavy atom. The monoisotopic (exact) mass is 528 g/mol. The van der Waals surface area contributed by atoms with Gasteiger partial charge in [0.1, 0.15) is 12.4 Å². The Bertz CT molecular complexity index is 979. The normalized spacial score (nSPS) is 42.9. The fraction of sp³-hybridized carbons (Fsp3) is 0.781. The molecule has 0 spiro atoms. The van der Waals surface area contributed by atoms with E-state index in [1.165, 1.54) is 0 Å². The van der Waals surface area contributed by atoms with Crippen LogP contribution in [0.2, 0.25) is 0 Å². The number of hydrogen-bond acceptors (Lipinski definition) is 6. The van der Waals surface area contributed by atoms with Crippen LogP contribution in [0.25, 0.3) is 0 Å². The first kappa shape index (κ1) is 27.9. The number of esters is 1. The van der Waals surface area contributed by atoms with Gasteiger partial charge in [-0.25, -0.2) is 0 Å². The summed E-state index contributed by atoms with van der Waals surface area (Å²) in [7, 11) is 1.63. The topological polar surface area (TPSA) is 96.2 Å². The third kappa shape index (κ3) is 4.79. The summed E-state index contributed by atoms with van der Waals surface area (Å²) in [6, 6.07) is 7.54. The van der Waals surface area contributed by atoms with Crippen molar-refractivity contribution in [2.24, 2.45) is 46.3 Å². The highest BCUT2D eigenvalue weighted by atomic mass is 16.5. The Labute approximate surface area is 228 Å². The summed E-state index contributed by atoms with van der Waals surface area (Å²) in [4.78, 5) is 12.6. The average molecular weight is 529 g/mol. The van der Waals surface area contributed by atoms with Crippen LogP contribution in [-0.2, 0) is 16.1 Å². The van der Waals surface area contributed by atoms with Gasteiger partial charge in [0, 0.05) is 6.42 Å². The zero-order valence-electron chi connectivity index (χ0n) is 23.6. The minimum atomic E-state index is -0.402. The highest BCUT2D eigenvalue weighted by Crippen LogP contribution is 2.68. The van der Waals surface area contributed by atoms with Gasteiger partial charge in [-0.2, -0.15) is 0 Å². The maximum absolute atomic E-state index is 12.6. The van der Waals surface area contributed by atoms with E-state index in [4.69, 9.17) is 9.47 Å². The quantitative estimate of drug-likeness (QED) is 0.426. The van der Waals surface area contributed by atoms with Gasteiger partial charge < -0.3 is 24.8 Å². The Kier molecular flexibility index (Phi) is 7.89. The molecule has 4 aliphatic rings. The summed E-state index contributed by atoms with van der Waals surface area (Å²) in [6.45, 7) is 7.12. The van der Waals surface area contributed by atoms with Crippen LogP contribution in [0.1, 0.15) is 84.1 Å². The summed E-state index contributed by atoms with van der Waals surface area (Å²) in [5, 5.41) is 33.5. The highest BCUT2D eigenvalue weighted by molar-refractivity contribution is 5.69. The Morgan fingerprint density at radius 1 is 1.03 bits per heavy atom. The molecule has 6 nitrogen and oxygen atoms in total. The Morgan fingerprint density at radius 2 is 1.76 bits per heavy atom. The molecule has 212 valence electrons. The van der Waals surface area contributed by atoms with Crippen LogP contribution in [0.15, 0.2) is 24.3 Å². The molecule has 0 aromatic heterocycles. The molecular formula is C32H48O6. The summed E-state index contributed by atoms with van der Waals surface area (Å²) in [5.41, 5.74) is 0.780. The van der Waals surface area contributed by atoms with E-state index < -0.39 is 6.10 Å². The molecule has 38 heavy (non-hydrogen) atoms. The number of carbonyl (C=O) groups excluding carboxylic acids is 1. The molecule has 0 amide bonds. The van der Waals surface area contributed by atoms with E-state index in [1.54, 1.807) is 7.11 Å². The molecule has 0 heterocycles. The van der Waals surface area contributed by atoms with E-state index in [2.05, 4.69) is 20.8 Å². The lowest BCUT2D eigenvalue weighted by Gasteiger charge is -2.63. The van der Waals surface area contributed by atoms with Gasteiger partial charge in [-0.15, -0.1) is 0 Å². The molecule has 0 saturated heterocycles. The second kappa shape index (κ2) is 10.7. The number of fused-ring (bicyclic) bond motifs is 5. The molecule has 11 atom stereocenters. The van der Waals surface area contributed by atoms with Crippen molar-refractivity contribution in [1.82, 2.24) is 0 Å². The molecule has 0 radical (unpaired) electrons. The van der Waals surface area contributed by atoms with Crippen molar-refractivity contribution < 1.29 is 29.6 Å². The number of benzene rings is 1. The minimum absolute atomic E-state index is 0.0861. The number of ether oxygens (including phenoxy) is 2. The third-order valence-corrected chi connectivity index (χ3v) is 11.9. The van der Waals surface area contributed by atoms with Crippen molar-refractivity contribution in [3.8, 4) is 5.75 Å². The maximum Gasteiger partial charge on any atom is 0.306 e. The molecule has 1 aromatic rings. The second-order valence-electron chi connectivity index (χ2n) is 13.6. The van der Waals surface area contributed by atoms with Crippen LogP contribution in [0, 0.1) is 46.3 Å². The van der Waals surface area contributed by atoms with E-state index in [1.807, 2.05) is 24.3 Å². The number of carbonyl (C=O) groups is 1. The van der Waals surface area contributed by atoms with Gasteiger partial charge in [0.05, 0.1) is 25.4 Å². The first-order chi connectivity index (χ1) is 18.1. The maximum atomic E-state index is 12.6. The van der Waals surface area contributed by atoms with Crippen molar-refractivity contribution >= 4 is 5.97 Å². The molecule has 3 N–H and O–H groups in total. The molecule has 0 unspecified atom stereocenters. The predicted molar refractivity (Wildman–Crippen MR) is 145 cm³/mol. The van der Waals surface area contributed by atoms with Crippen molar-refractivity contribution in [2.45, 2.75) is 103 Å². The fourth-order valence-corrected chi connectivity index (χ4v) is 9.64. The van der Waals surface area contributed by atoms with Gasteiger partial charge in [0.2, 0.25) is 0 Å². The van der Waals surface area contributed by atoms with Crippen molar-refractivity contribution in [3.63, 3.8) is 0 Å². The smallest absolute Gasteiger partial charge is 0.306 e. The number of rotatable bonds is 7. The lowest BCUT2D eigenvalue weighted by Crippen LogP contribution is -2.62. The van der Waals surface area contributed by atoms with Crippen LogP contribution < -0.4 is 4.74 Å². The summed E-state index contributed by atoms with van der Waals surface area (Å²) < 4.78 is 10.7. The Balaban J connectivity index is 1.22. The van der Waals surface area contributed by atoms with Gasteiger partial charge >= 0.3 is 5.97 Å². The lowest BCUT2D eigenvalue weighted by atomic mass is 9.43. The van der Waals surface area contributed by atoms with Crippen LogP contribution in [0.5, 0.6) is 5.75 Å².